The normalized spacial score (nSPS) is 33.7. The topological polar surface area (TPSA) is 32.8 Å². The molecule has 5 rings (SSSR count). The smallest absolute Gasteiger partial charge is 0.226 e. The Balaban J connectivity index is 1.69. The van der Waals surface area contributed by atoms with Crippen molar-refractivity contribution < 1.29 is 9.53 Å². The van der Waals surface area contributed by atoms with Gasteiger partial charge < -0.3 is 9.64 Å². The zero-order chi connectivity index (χ0) is 17.4. The Morgan fingerprint density at radius 1 is 1.24 bits per heavy atom. The highest BCUT2D eigenvalue weighted by Crippen LogP contribution is 2.48. The van der Waals surface area contributed by atoms with Gasteiger partial charge in [-0.25, -0.2) is 0 Å². The Kier molecular flexibility index (Phi) is 4.55. The van der Waals surface area contributed by atoms with E-state index in [1.807, 2.05) is 31.2 Å². The predicted octanol–water partition coefficient (Wildman–Crippen LogP) is 3.05. The van der Waals surface area contributed by atoms with Gasteiger partial charge in [-0.15, -0.1) is 0 Å². The summed E-state index contributed by atoms with van der Waals surface area (Å²) in [7, 11) is 1.74. The number of likely N-dealkylation sites (tertiary alicyclic amines) is 1. The van der Waals surface area contributed by atoms with Crippen molar-refractivity contribution in [2.45, 2.75) is 44.2 Å². The van der Waals surface area contributed by atoms with Crippen LogP contribution in [0.25, 0.3) is 0 Å². The number of rotatable bonds is 4. The van der Waals surface area contributed by atoms with Crippen LogP contribution in [0, 0.1) is 5.92 Å². The van der Waals surface area contributed by atoms with E-state index in [0.29, 0.717) is 30.3 Å². The molecule has 0 N–H and O–H groups in total. The molecule has 4 saturated heterocycles. The minimum atomic E-state index is 0.277. The summed E-state index contributed by atoms with van der Waals surface area (Å²) >= 11 is 0. The molecule has 1 amide bonds. The first-order chi connectivity index (χ1) is 12.2. The van der Waals surface area contributed by atoms with Gasteiger partial charge in [0.05, 0.1) is 13.2 Å². The molecule has 1 aromatic carbocycles. The molecule has 4 heterocycles. The second kappa shape index (κ2) is 6.83. The zero-order valence-electron chi connectivity index (χ0n) is 15.2. The molecule has 4 aliphatic rings. The Morgan fingerprint density at radius 2 is 2.00 bits per heavy atom. The highest BCUT2D eigenvalue weighted by atomic mass is 16.5. The molecular formula is C21H28N2O2. The highest BCUT2D eigenvalue weighted by molar-refractivity contribution is 5.79. The van der Waals surface area contributed by atoms with Crippen LogP contribution in [-0.2, 0) is 4.79 Å². The fourth-order valence-electron chi connectivity index (χ4n) is 5.29. The zero-order valence-corrected chi connectivity index (χ0v) is 15.2. The molecule has 0 aromatic heterocycles. The van der Waals surface area contributed by atoms with Crippen LogP contribution in [0.5, 0.6) is 5.75 Å². The molecule has 1 aromatic rings. The SMILES string of the molecule is C/C=C/CC(=O)N1C[C@H](c2ccccc2OC)[C@H]2[C@@H]1C1CCN2CC1. The number of nitrogens with zero attached hydrogens (tertiary/aromatic N) is 2. The van der Waals surface area contributed by atoms with E-state index in [1.165, 1.54) is 31.5 Å². The summed E-state index contributed by atoms with van der Waals surface area (Å²) in [6, 6.07) is 9.16. The van der Waals surface area contributed by atoms with Crippen molar-refractivity contribution in [2.24, 2.45) is 5.92 Å². The molecule has 4 heteroatoms. The van der Waals surface area contributed by atoms with E-state index in [1.54, 1.807) is 7.11 Å². The quantitative estimate of drug-likeness (QED) is 0.790. The van der Waals surface area contributed by atoms with Crippen molar-refractivity contribution in [1.82, 2.24) is 9.80 Å². The third-order valence-electron chi connectivity index (χ3n) is 6.38. The molecule has 2 bridgehead atoms. The average molecular weight is 340 g/mol. The van der Waals surface area contributed by atoms with Gasteiger partial charge in [0.15, 0.2) is 0 Å². The van der Waals surface area contributed by atoms with Gasteiger partial charge in [-0.05, 0) is 44.8 Å². The van der Waals surface area contributed by atoms with Crippen LogP contribution >= 0.6 is 0 Å². The van der Waals surface area contributed by atoms with Crippen molar-refractivity contribution in [3.05, 3.63) is 42.0 Å². The second-order valence-corrected chi connectivity index (χ2v) is 7.52. The molecule has 4 aliphatic heterocycles. The Hall–Kier alpha value is -1.81. The largest absolute Gasteiger partial charge is 0.496 e. The van der Waals surface area contributed by atoms with E-state index < -0.39 is 0 Å². The first kappa shape index (κ1) is 16.6. The van der Waals surface area contributed by atoms with Crippen LogP contribution in [-0.4, -0.2) is 54.5 Å². The van der Waals surface area contributed by atoms with Crippen molar-refractivity contribution in [2.75, 3.05) is 26.7 Å². The number of hydrogen-bond donors (Lipinski definition) is 0. The molecule has 0 unspecified atom stereocenters. The lowest BCUT2D eigenvalue weighted by Crippen LogP contribution is -2.60. The van der Waals surface area contributed by atoms with Crippen LogP contribution < -0.4 is 4.74 Å². The molecule has 0 radical (unpaired) electrons. The van der Waals surface area contributed by atoms with Gasteiger partial charge in [-0.2, -0.15) is 0 Å². The van der Waals surface area contributed by atoms with E-state index >= 15 is 0 Å². The number of methoxy groups -OCH3 is 1. The number of benzene rings is 1. The number of carbonyl (C=O) groups excluding carboxylic acids is 1. The van der Waals surface area contributed by atoms with Gasteiger partial charge in [0.1, 0.15) is 5.75 Å². The van der Waals surface area contributed by atoms with Gasteiger partial charge in [-0.3, -0.25) is 9.69 Å². The molecule has 0 spiro atoms. The van der Waals surface area contributed by atoms with E-state index in [-0.39, 0.29) is 5.91 Å². The van der Waals surface area contributed by atoms with Gasteiger partial charge in [0.2, 0.25) is 5.91 Å². The van der Waals surface area contributed by atoms with Crippen molar-refractivity contribution >= 4 is 5.91 Å². The number of amides is 1. The molecule has 25 heavy (non-hydrogen) atoms. The second-order valence-electron chi connectivity index (χ2n) is 7.52. The van der Waals surface area contributed by atoms with Gasteiger partial charge in [0, 0.05) is 30.5 Å². The number of fused-ring (bicyclic) bond motifs is 2. The number of para-hydroxylation sites is 1. The number of hydrogen-bond acceptors (Lipinski definition) is 3. The van der Waals surface area contributed by atoms with Gasteiger partial charge in [0.25, 0.3) is 0 Å². The van der Waals surface area contributed by atoms with Gasteiger partial charge in [-0.1, -0.05) is 30.4 Å². The predicted molar refractivity (Wildman–Crippen MR) is 98.8 cm³/mol. The molecule has 134 valence electrons. The molecule has 4 nitrogen and oxygen atoms in total. The molecular weight excluding hydrogens is 312 g/mol. The molecule has 4 fully saturated rings. The molecule has 0 aliphatic carbocycles. The molecule has 3 atom stereocenters. The maximum atomic E-state index is 12.9. The number of piperidine rings is 3. The summed E-state index contributed by atoms with van der Waals surface area (Å²) in [5, 5.41) is 0. The number of allylic oxidation sites excluding steroid dienone is 1. The monoisotopic (exact) mass is 340 g/mol. The number of ether oxygens (including phenoxy) is 1. The summed E-state index contributed by atoms with van der Waals surface area (Å²) in [4.78, 5) is 17.7. The maximum Gasteiger partial charge on any atom is 0.226 e. The van der Waals surface area contributed by atoms with Crippen LogP contribution in [0.4, 0.5) is 0 Å². The van der Waals surface area contributed by atoms with E-state index in [9.17, 15) is 4.79 Å². The summed E-state index contributed by atoms with van der Waals surface area (Å²) in [6.07, 6.45) is 6.93. The first-order valence-corrected chi connectivity index (χ1v) is 9.52. The van der Waals surface area contributed by atoms with E-state index in [2.05, 4.69) is 21.9 Å². The van der Waals surface area contributed by atoms with Crippen LogP contribution in [0.3, 0.4) is 0 Å². The summed E-state index contributed by atoms with van der Waals surface area (Å²) < 4.78 is 5.65. The van der Waals surface area contributed by atoms with Crippen LogP contribution in [0.15, 0.2) is 36.4 Å². The van der Waals surface area contributed by atoms with Crippen molar-refractivity contribution in [3.63, 3.8) is 0 Å². The lowest BCUT2D eigenvalue weighted by atomic mass is 9.75. The van der Waals surface area contributed by atoms with Crippen molar-refractivity contribution in [1.29, 1.82) is 0 Å². The lowest BCUT2D eigenvalue weighted by Gasteiger charge is -2.51. The Bertz CT molecular complexity index is 664. The van der Waals surface area contributed by atoms with Crippen LogP contribution in [0.1, 0.15) is 37.7 Å². The third-order valence-corrected chi connectivity index (χ3v) is 6.38. The standard InChI is InChI=1S/C21H28N2O2/c1-3-4-9-19(24)23-14-17(16-7-5-6-8-18(16)25-2)21-20(23)15-10-12-22(21)13-11-15/h3-8,15,17,20-21H,9-14H2,1-2H3/b4-3+/t17-,20+,21+/m1/s1. The fraction of sp³-hybridized carbons (Fsp3) is 0.571. The van der Waals surface area contributed by atoms with Gasteiger partial charge >= 0.3 is 0 Å². The third kappa shape index (κ3) is 2.77. The fourth-order valence-corrected chi connectivity index (χ4v) is 5.29. The summed E-state index contributed by atoms with van der Waals surface area (Å²) in [6.45, 7) is 5.15. The van der Waals surface area contributed by atoms with Crippen LogP contribution in [0.2, 0.25) is 0 Å². The summed E-state index contributed by atoms with van der Waals surface area (Å²) in [5.74, 6) is 2.24. The highest BCUT2D eigenvalue weighted by Gasteiger charge is 2.54. The Labute approximate surface area is 150 Å². The van der Waals surface area contributed by atoms with E-state index in [0.717, 1.165) is 12.3 Å². The minimum Gasteiger partial charge on any atom is -0.496 e. The van der Waals surface area contributed by atoms with E-state index in [4.69, 9.17) is 4.74 Å². The molecule has 0 saturated carbocycles. The average Bonchev–Trinajstić information content (AvgIpc) is 3.09. The number of carbonyl (C=O) groups is 1. The maximum absolute atomic E-state index is 12.9. The lowest BCUT2D eigenvalue weighted by molar-refractivity contribution is -0.135. The summed E-state index contributed by atoms with van der Waals surface area (Å²) in [5.41, 5.74) is 1.26. The first-order valence-electron chi connectivity index (χ1n) is 9.52. The Morgan fingerprint density at radius 3 is 2.72 bits per heavy atom. The minimum absolute atomic E-state index is 0.277. The van der Waals surface area contributed by atoms with Crippen molar-refractivity contribution in [3.8, 4) is 5.75 Å².